The number of aromatic amines is 1. The third-order valence-corrected chi connectivity index (χ3v) is 4.66. The number of aromatic nitrogens is 1. The van der Waals surface area contributed by atoms with Crippen LogP contribution >= 0.6 is 0 Å². The van der Waals surface area contributed by atoms with Gasteiger partial charge >= 0.3 is 6.03 Å². The van der Waals surface area contributed by atoms with Crippen molar-refractivity contribution >= 4 is 16.9 Å². The fraction of sp³-hybridized carbons (Fsp3) is 0.500. The molecule has 1 aromatic heterocycles. The van der Waals surface area contributed by atoms with Crippen LogP contribution < -0.4 is 5.32 Å². The van der Waals surface area contributed by atoms with E-state index >= 15 is 0 Å². The summed E-state index contributed by atoms with van der Waals surface area (Å²) in [7, 11) is 1.82. The van der Waals surface area contributed by atoms with Gasteiger partial charge in [0.2, 0.25) is 0 Å². The summed E-state index contributed by atoms with van der Waals surface area (Å²) in [6.45, 7) is 6.20. The lowest BCUT2D eigenvalue weighted by atomic mass is 10.1. The van der Waals surface area contributed by atoms with Gasteiger partial charge < -0.3 is 19.9 Å². The van der Waals surface area contributed by atoms with Crippen LogP contribution in [0.5, 0.6) is 0 Å². The Kier molecular flexibility index (Phi) is 4.57. The summed E-state index contributed by atoms with van der Waals surface area (Å²) in [5.74, 6) is 0. The number of rotatable bonds is 4. The number of hydrogen-bond donors (Lipinski definition) is 2. The summed E-state index contributed by atoms with van der Waals surface area (Å²) >= 11 is 0. The molecule has 2 heterocycles. The van der Waals surface area contributed by atoms with Gasteiger partial charge in [-0.1, -0.05) is 6.07 Å². The molecule has 1 aromatic carbocycles. The highest BCUT2D eigenvalue weighted by atomic mass is 16.5. The van der Waals surface area contributed by atoms with Crippen LogP contribution in [0, 0.1) is 13.8 Å². The number of amides is 2. The van der Waals surface area contributed by atoms with Gasteiger partial charge in [-0.25, -0.2) is 4.79 Å². The standard InChI is InChI=1S/C18H25N3O2/c1-12-13(2)20-17-7-6-14(9-16(12)17)10-19-18(22)21(3)11-15-5-4-8-23-15/h6-7,9,15,20H,4-5,8,10-11H2,1-3H3,(H,19,22). The van der Waals surface area contributed by atoms with Gasteiger partial charge in [-0.2, -0.15) is 0 Å². The van der Waals surface area contributed by atoms with Gasteiger partial charge in [0.1, 0.15) is 0 Å². The van der Waals surface area contributed by atoms with Crippen molar-refractivity contribution in [2.75, 3.05) is 20.2 Å². The molecular formula is C18H25N3O2. The molecule has 0 saturated carbocycles. The van der Waals surface area contributed by atoms with Gasteiger partial charge in [0.25, 0.3) is 0 Å². The average Bonchev–Trinajstić information content (AvgIpc) is 3.14. The molecule has 3 rings (SSSR count). The predicted molar refractivity (Wildman–Crippen MR) is 91.6 cm³/mol. The first-order valence-corrected chi connectivity index (χ1v) is 8.23. The van der Waals surface area contributed by atoms with Crippen LogP contribution in [0.4, 0.5) is 4.79 Å². The summed E-state index contributed by atoms with van der Waals surface area (Å²) in [5.41, 5.74) is 4.71. The number of nitrogens with one attached hydrogen (secondary N) is 2. The Morgan fingerprint density at radius 2 is 2.26 bits per heavy atom. The van der Waals surface area contributed by atoms with E-state index in [4.69, 9.17) is 4.74 Å². The van der Waals surface area contributed by atoms with E-state index < -0.39 is 0 Å². The quantitative estimate of drug-likeness (QED) is 0.911. The number of carbonyl (C=O) groups is 1. The van der Waals surface area contributed by atoms with Crippen molar-refractivity contribution in [3.05, 3.63) is 35.0 Å². The molecule has 0 bridgehead atoms. The van der Waals surface area contributed by atoms with Crippen molar-refractivity contribution in [3.63, 3.8) is 0 Å². The first-order chi connectivity index (χ1) is 11.0. The second-order valence-corrected chi connectivity index (χ2v) is 6.43. The second kappa shape index (κ2) is 6.62. The minimum absolute atomic E-state index is 0.0532. The zero-order valence-corrected chi connectivity index (χ0v) is 14.1. The zero-order valence-electron chi connectivity index (χ0n) is 14.1. The van der Waals surface area contributed by atoms with E-state index in [1.54, 1.807) is 4.90 Å². The first-order valence-electron chi connectivity index (χ1n) is 8.23. The predicted octanol–water partition coefficient (Wildman–Crippen LogP) is 3.11. The van der Waals surface area contributed by atoms with E-state index in [-0.39, 0.29) is 12.1 Å². The first kappa shape index (κ1) is 15.9. The summed E-state index contributed by atoms with van der Waals surface area (Å²) < 4.78 is 5.58. The van der Waals surface area contributed by atoms with Crippen molar-refractivity contribution in [1.82, 2.24) is 15.2 Å². The van der Waals surface area contributed by atoms with Crippen molar-refractivity contribution < 1.29 is 9.53 Å². The fourth-order valence-electron chi connectivity index (χ4n) is 3.11. The normalized spacial score (nSPS) is 17.6. The van der Waals surface area contributed by atoms with Gasteiger partial charge in [0.15, 0.2) is 0 Å². The van der Waals surface area contributed by atoms with E-state index in [1.165, 1.54) is 16.6 Å². The Morgan fingerprint density at radius 1 is 1.43 bits per heavy atom. The maximum Gasteiger partial charge on any atom is 0.317 e. The molecule has 2 N–H and O–H groups in total. The number of hydrogen-bond acceptors (Lipinski definition) is 2. The highest BCUT2D eigenvalue weighted by molar-refractivity contribution is 5.85. The molecule has 0 aliphatic carbocycles. The molecule has 0 radical (unpaired) electrons. The van der Waals surface area contributed by atoms with E-state index in [0.717, 1.165) is 30.5 Å². The van der Waals surface area contributed by atoms with Gasteiger partial charge in [-0.15, -0.1) is 0 Å². The number of urea groups is 1. The van der Waals surface area contributed by atoms with Crippen LogP contribution in [0.15, 0.2) is 18.2 Å². The molecular weight excluding hydrogens is 290 g/mol. The Labute approximate surface area is 137 Å². The van der Waals surface area contributed by atoms with Crippen LogP contribution in [0.3, 0.4) is 0 Å². The molecule has 5 heteroatoms. The molecule has 2 amide bonds. The molecule has 1 aliphatic rings. The molecule has 1 aliphatic heterocycles. The van der Waals surface area contributed by atoms with Crippen molar-refractivity contribution in [3.8, 4) is 0 Å². The molecule has 23 heavy (non-hydrogen) atoms. The van der Waals surface area contributed by atoms with Gasteiger partial charge in [-0.3, -0.25) is 0 Å². The number of benzene rings is 1. The van der Waals surface area contributed by atoms with Crippen molar-refractivity contribution in [2.24, 2.45) is 0 Å². The number of fused-ring (bicyclic) bond motifs is 1. The minimum atomic E-state index is -0.0532. The number of nitrogens with zero attached hydrogens (tertiary/aromatic N) is 1. The summed E-state index contributed by atoms with van der Waals surface area (Å²) in [4.78, 5) is 17.3. The number of likely N-dealkylation sites (N-methyl/N-ethyl adjacent to an activating group) is 1. The van der Waals surface area contributed by atoms with Crippen LogP contribution in [-0.2, 0) is 11.3 Å². The van der Waals surface area contributed by atoms with E-state index in [0.29, 0.717) is 13.1 Å². The van der Waals surface area contributed by atoms with Crippen molar-refractivity contribution in [1.29, 1.82) is 0 Å². The largest absolute Gasteiger partial charge is 0.376 e. The molecule has 124 valence electrons. The lowest BCUT2D eigenvalue weighted by Gasteiger charge is -2.21. The number of aryl methyl sites for hydroxylation is 2. The number of carbonyl (C=O) groups excluding carboxylic acids is 1. The maximum atomic E-state index is 12.2. The fourth-order valence-corrected chi connectivity index (χ4v) is 3.11. The second-order valence-electron chi connectivity index (χ2n) is 6.43. The zero-order chi connectivity index (χ0) is 16.4. The SMILES string of the molecule is Cc1[nH]c2ccc(CNC(=O)N(C)CC3CCCO3)cc2c1C. The molecule has 1 saturated heterocycles. The molecule has 5 nitrogen and oxygen atoms in total. The average molecular weight is 315 g/mol. The third-order valence-electron chi connectivity index (χ3n) is 4.66. The van der Waals surface area contributed by atoms with Gasteiger partial charge in [0.05, 0.1) is 6.10 Å². The molecule has 1 atom stereocenters. The monoisotopic (exact) mass is 315 g/mol. The van der Waals surface area contributed by atoms with Crippen LogP contribution in [0.1, 0.15) is 29.7 Å². The summed E-state index contributed by atoms with van der Waals surface area (Å²) in [6, 6.07) is 6.22. The van der Waals surface area contributed by atoms with Crippen molar-refractivity contribution in [2.45, 2.75) is 39.3 Å². The number of H-pyrrole nitrogens is 1. The lowest BCUT2D eigenvalue weighted by molar-refractivity contribution is 0.0874. The highest BCUT2D eigenvalue weighted by Crippen LogP contribution is 2.22. The molecule has 1 unspecified atom stereocenters. The Hall–Kier alpha value is -2.01. The number of ether oxygens (including phenoxy) is 1. The van der Waals surface area contributed by atoms with Gasteiger partial charge in [0, 0.05) is 43.3 Å². The Balaban J connectivity index is 1.58. The summed E-state index contributed by atoms with van der Waals surface area (Å²) in [5, 5.41) is 4.21. The molecule has 1 fully saturated rings. The molecule has 2 aromatic rings. The highest BCUT2D eigenvalue weighted by Gasteiger charge is 2.19. The Bertz CT molecular complexity index is 702. The van der Waals surface area contributed by atoms with Crippen LogP contribution in [0.2, 0.25) is 0 Å². The smallest absolute Gasteiger partial charge is 0.317 e. The Morgan fingerprint density at radius 3 is 3.00 bits per heavy atom. The maximum absolute atomic E-state index is 12.2. The third kappa shape index (κ3) is 3.50. The molecule has 0 spiro atoms. The minimum Gasteiger partial charge on any atom is -0.376 e. The lowest BCUT2D eigenvalue weighted by Crippen LogP contribution is -2.40. The summed E-state index contributed by atoms with van der Waals surface area (Å²) in [6.07, 6.45) is 2.32. The van der Waals surface area contributed by atoms with E-state index in [2.05, 4.69) is 42.3 Å². The van der Waals surface area contributed by atoms with Crippen LogP contribution in [-0.4, -0.2) is 42.2 Å². The van der Waals surface area contributed by atoms with Crippen LogP contribution in [0.25, 0.3) is 10.9 Å². The topological polar surface area (TPSA) is 57.4 Å². The van der Waals surface area contributed by atoms with Gasteiger partial charge in [-0.05, 0) is 49.9 Å². The van der Waals surface area contributed by atoms with E-state index in [1.807, 2.05) is 7.05 Å². The van der Waals surface area contributed by atoms with E-state index in [9.17, 15) is 4.79 Å².